The van der Waals surface area contributed by atoms with Crippen molar-refractivity contribution in [2.24, 2.45) is 5.41 Å². The van der Waals surface area contributed by atoms with Gasteiger partial charge < -0.3 is 10.2 Å². The van der Waals surface area contributed by atoms with Gasteiger partial charge in [0.15, 0.2) is 0 Å². The van der Waals surface area contributed by atoms with E-state index >= 15 is 0 Å². The van der Waals surface area contributed by atoms with Crippen LogP contribution in [0, 0.1) is 5.41 Å². The van der Waals surface area contributed by atoms with E-state index in [1.165, 1.54) is 0 Å². The number of aliphatic carboxylic acids is 1. The molecule has 0 aromatic rings. The average Bonchev–Trinajstić information content (AvgIpc) is 2.00. The third kappa shape index (κ3) is 4.13. The molecule has 0 atom stereocenters. The van der Waals surface area contributed by atoms with Gasteiger partial charge >= 0.3 is 5.97 Å². The van der Waals surface area contributed by atoms with Crippen LogP contribution < -0.4 is 0 Å². The Balaban J connectivity index is 3.83. The molecule has 12 heavy (non-hydrogen) atoms. The van der Waals surface area contributed by atoms with Crippen molar-refractivity contribution in [1.29, 1.82) is 0 Å². The first-order valence-corrected chi connectivity index (χ1v) is 3.91. The van der Waals surface area contributed by atoms with Crippen LogP contribution in [0.3, 0.4) is 0 Å². The smallest absolute Gasteiger partial charge is 0.330 e. The number of hydrogen-bond donors (Lipinski definition) is 2. The molecule has 0 spiro atoms. The van der Waals surface area contributed by atoms with Gasteiger partial charge in [-0.25, -0.2) is 4.79 Å². The van der Waals surface area contributed by atoms with Crippen molar-refractivity contribution in [2.45, 2.75) is 26.7 Å². The summed E-state index contributed by atoms with van der Waals surface area (Å²) in [5.74, 6) is -0.955. The monoisotopic (exact) mass is 172 g/mol. The fraction of sp³-hybridized carbons (Fsp3) is 0.667. The second-order valence-electron chi connectivity index (χ2n) is 3.73. The van der Waals surface area contributed by atoms with E-state index in [0.29, 0.717) is 12.8 Å². The lowest BCUT2D eigenvalue weighted by atomic mass is 9.87. The highest BCUT2D eigenvalue weighted by Crippen LogP contribution is 2.23. The predicted molar refractivity (Wildman–Crippen MR) is 46.9 cm³/mol. The lowest BCUT2D eigenvalue weighted by molar-refractivity contribution is -0.132. The van der Waals surface area contributed by atoms with E-state index in [1.807, 2.05) is 13.8 Å². The van der Waals surface area contributed by atoms with E-state index in [2.05, 4.69) is 6.58 Å². The van der Waals surface area contributed by atoms with Gasteiger partial charge in [0.1, 0.15) is 0 Å². The highest BCUT2D eigenvalue weighted by molar-refractivity contribution is 5.85. The fourth-order valence-electron chi connectivity index (χ4n) is 0.675. The molecule has 3 heteroatoms. The van der Waals surface area contributed by atoms with Crippen LogP contribution in [-0.4, -0.2) is 22.8 Å². The Morgan fingerprint density at radius 2 is 2.00 bits per heavy atom. The molecule has 0 aromatic carbocycles. The van der Waals surface area contributed by atoms with Crippen LogP contribution in [0.5, 0.6) is 0 Å². The van der Waals surface area contributed by atoms with Gasteiger partial charge in [0.2, 0.25) is 0 Å². The van der Waals surface area contributed by atoms with Crippen LogP contribution in [0.15, 0.2) is 12.2 Å². The highest BCUT2D eigenvalue weighted by Gasteiger charge is 2.17. The van der Waals surface area contributed by atoms with Crippen molar-refractivity contribution in [1.82, 2.24) is 0 Å². The summed E-state index contributed by atoms with van der Waals surface area (Å²) in [6, 6.07) is 0. The van der Waals surface area contributed by atoms with Crippen molar-refractivity contribution in [3.63, 3.8) is 0 Å². The summed E-state index contributed by atoms with van der Waals surface area (Å²) in [5, 5.41) is 17.4. The first-order chi connectivity index (χ1) is 5.39. The van der Waals surface area contributed by atoms with Crippen LogP contribution in [0.4, 0.5) is 0 Å². The van der Waals surface area contributed by atoms with Crippen LogP contribution in [-0.2, 0) is 4.79 Å². The van der Waals surface area contributed by atoms with E-state index < -0.39 is 5.97 Å². The Bertz CT molecular complexity index is 182. The standard InChI is InChI=1S/C9H16O3/c1-7(8(11)12)4-5-9(2,3)6-10/h10H,1,4-6H2,2-3H3,(H,11,12). The molecule has 0 radical (unpaired) electrons. The van der Waals surface area contributed by atoms with Gasteiger partial charge in [-0.2, -0.15) is 0 Å². The van der Waals surface area contributed by atoms with E-state index in [-0.39, 0.29) is 17.6 Å². The molecule has 0 rings (SSSR count). The van der Waals surface area contributed by atoms with Gasteiger partial charge in [0.05, 0.1) is 0 Å². The first kappa shape index (κ1) is 11.2. The summed E-state index contributed by atoms with van der Waals surface area (Å²) in [4.78, 5) is 10.3. The molecule has 0 fully saturated rings. The minimum absolute atomic E-state index is 0.0693. The van der Waals surface area contributed by atoms with E-state index in [1.54, 1.807) is 0 Å². The molecule has 0 amide bonds. The summed E-state index contributed by atoms with van der Waals surface area (Å²) in [6.07, 6.45) is 1.08. The molecule has 0 unspecified atom stereocenters. The Morgan fingerprint density at radius 3 is 2.33 bits per heavy atom. The quantitative estimate of drug-likeness (QED) is 0.617. The summed E-state index contributed by atoms with van der Waals surface area (Å²) >= 11 is 0. The predicted octanol–water partition coefficient (Wildman–Crippen LogP) is 1.43. The number of carbonyl (C=O) groups is 1. The van der Waals surface area contributed by atoms with Gasteiger partial charge in [-0.05, 0) is 18.3 Å². The first-order valence-electron chi connectivity index (χ1n) is 3.91. The summed E-state index contributed by atoms with van der Waals surface area (Å²) in [5.41, 5.74) is -0.00481. The number of carboxylic acids is 1. The molecule has 70 valence electrons. The molecular formula is C9H16O3. The summed E-state index contributed by atoms with van der Waals surface area (Å²) in [6.45, 7) is 7.26. The molecule has 3 nitrogen and oxygen atoms in total. The Labute approximate surface area is 72.7 Å². The number of rotatable bonds is 5. The zero-order chi connectivity index (χ0) is 9.78. The lowest BCUT2D eigenvalue weighted by Crippen LogP contribution is -2.17. The van der Waals surface area contributed by atoms with Crippen molar-refractivity contribution in [2.75, 3.05) is 6.61 Å². The number of aliphatic hydroxyl groups excluding tert-OH is 1. The topological polar surface area (TPSA) is 57.5 Å². The van der Waals surface area contributed by atoms with Crippen LogP contribution in [0.25, 0.3) is 0 Å². The van der Waals surface area contributed by atoms with Gasteiger partial charge in [0.25, 0.3) is 0 Å². The molecule has 2 N–H and O–H groups in total. The normalized spacial score (nSPS) is 11.2. The second kappa shape index (κ2) is 4.26. The Hall–Kier alpha value is -0.830. The van der Waals surface area contributed by atoms with Crippen LogP contribution in [0.1, 0.15) is 26.7 Å². The largest absolute Gasteiger partial charge is 0.478 e. The molecule has 0 heterocycles. The van der Waals surface area contributed by atoms with Gasteiger partial charge in [0, 0.05) is 12.2 Å². The molecule has 0 aromatic heterocycles. The second-order valence-corrected chi connectivity index (χ2v) is 3.73. The number of carboxylic acid groups (broad SMARTS) is 1. The van der Waals surface area contributed by atoms with Crippen molar-refractivity contribution < 1.29 is 15.0 Å². The van der Waals surface area contributed by atoms with Crippen molar-refractivity contribution >= 4 is 5.97 Å². The maximum Gasteiger partial charge on any atom is 0.330 e. The van der Waals surface area contributed by atoms with Gasteiger partial charge in [-0.15, -0.1) is 0 Å². The fourth-order valence-corrected chi connectivity index (χ4v) is 0.675. The van der Waals surface area contributed by atoms with E-state index in [9.17, 15) is 4.79 Å². The molecular weight excluding hydrogens is 156 g/mol. The van der Waals surface area contributed by atoms with Crippen LogP contribution >= 0.6 is 0 Å². The zero-order valence-corrected chi connectivity index (χ0v) is 7.63. The Morgan fingerprint density at radius 1 is 1.50 bits per heavy atom. The van der Waals surface area contributed by atoms with Crippen molar-refractivity contribution in [3.8, 4) is 0 Å². The third-order valence-electron chi connectivity index (χ3n) is 1.83. The molecule has 0 aliphatic heterocycles. The molecule has 0 saturated heterocycles. The maximum absolute atomic E-state index is 10.3. The SMILES string of the molecule is C=C(CCC(C)(C)CO)C(=O)O. The van der Waals surface area contributed by atoms with Gasteiger partial charge in [-0.1, -0.05) is 20.4 Å². The highest BCUT2D eigenvalue weighted by atomic mass is 16.4. The van der Waals surface area contributed by atoms with E-state index in [0.717, 1.165) is 0 Å². The summed E-state index contributed by atoms with van der Waals surface area (Å²) in [7, 11) is 0. The molecule has 0 aliphatic rings. The number of aliphatic hydroxyl groups is 1. The average molecular weight is 172 g/mol. The van der Waals surface area contributed by atoms with E-state index in [4.69, 9.17) is 10.2 Å². The zero-order valence-electron chi connectivity index (χ0n) is 7.63. The lowest BCUT2D eigenvalue weighted by Gasteiger charge is -2.20. The minimum Gasteiger partial charge on any atom is -0.478 e. The Kier molecular flexibility index (Phi) is 3.96. The minimum atomic E-state index is -0.955. The molecule has 0 saturated carbocycles. The number of hydrogen-bond acceptors (Lipinski definition) is 2. The molecule has 0 bridgehead atoms. The van der Waals surface area contributed by atoms with Crippen LogP contribution in [0.2, 0.25) is 0 Å². The molecule has 0 aliphatic carbocycles. The maximum atomic E-state index is 10.3. The summed E-state index contributed by atoms with van der Waals surface area (Å²) < 4.78 is 0. The van der Waals surface area contributed by atoms with Gasteiger partial charge in [-0.3, -0.25) is 0 Å². The van der Waals surface area contributed by atoms with Crippen molar-refractivity contribution in [3.05, 3.63) is 12.2 Å². The third-order valence-corrected chi connectivity index (χ3v) is 1.83.